The summed E-state index contributed by atoms with van der Waals surface area (Å²) in [5.41, 5.74) is 0.761. The van der Waals surface area contributed by atoms with E-state index in [1.54, 1.807) is 19.2 Å². The molecule has 1 aliphatic carbocycles. The van der Waals surface area contributed by atoms with Crippen LogP contribution >= 0.6 is 0 Å². The topological polar surface area (TPSA) is 95.4 Å². The maximum Gasteiger partial charge on any atom is 0.228 e. The predicted octanol–water partition coefficient (Wildman–Crippen LogP) is 2.81. The molecule has 1 saturated carbocycles. The van der Waals surface area contributed by atoms with Crippen molar-refractivity contribution >= 4 is 5.91 Å². The number of phenolic OH excluding ortho intramolecular Hbond substituents is 1. The molecule has 4 heterocycles. The van der Waals surface area contributed by atoms with E-state index in [2.05, 4.69) is 16.8 Å². The molecule has 1 amide bonds. The van der Waals surface area contributed by atoms with Gasteiger partial charge in [0.25, 0.3) is 0 Å². The van der Waals surface area contributed by atoms with Crippen LogP contribution in [0.4, 0.5) is 0 Å². The molecule has 37 heavy (non-hydrogen) atoms. The zero-order chi connectivity index (χ0) is 25.9. The molecule has 8 nitrogen and oxygen atoms in total. The van der Waals surface area contributed by atoms with Gasteiger partial charge in [-0.1, -0.05) is 12.1 Å². The molecule has 1 aromatic carbocycles. The number of aryl methyl sites for hydroxylation is 1. The number of hydrogen-bond donors (Lipinski definition) is 2. The smallest absolute Gasteiger partial charge is 0.228 e. The zero-order valence-electron chi connectivity index (χ0n) is 21.9. The van der Waals surface area contributed by atoms with E-state index >= 15 is 0 Å². The van der Waals surface area contributed by atoms with Crippen LogP contribution in [0.3, 0.4) is 0 Å². The van der Waals surface area contributed by atoms with Crippen molar-refractivity contribution in [3.05, 3.63) is 47.2 Å². The largest absolute Gasteiger partial charge is 0.504 e. The van der Waals surface area contributed by atoms with Crippen molar-refractivity contribution in [3.8, 4) is 17.4 Å². The Labute approximate surface area is 218 Å². The van der Waals surface area contributed by atoms with Crippen LogP contribution in [-0.4, -0.2) is 81.9 Å². The molecule has 1 spiro atoms. The fraction of sp³-hybridized carbons (Fsp3) is 0.586. The van der Waals surface area contributed by atoms with Gasteiger partial charge >= 0.3 is 0 Å². The molecule has 3 fully saturated rings. The van der Waals surface area contributed by atoms with Gasteiger partial charge in [0, 0.05) is 30.8 Å². The predicted molar refractivity (Wildman–Crippen MR) is 138 cm³/mol. The van der Waals surface area contributed by atoms with Gasteiger partial charge in [-0.05, 0) is 69.7 Å². The highest BCUT2D eigenvalue weighted by atomic mass is 16.5. The van der Waals surface area contributed by atoms with Crippen molar-refractivity contribution in [3.63, 3.8) is 0 Å². The second-order valence-corrected chi connectivity index (χ2v) is 11.4. The molecule has 3 aliphatic heterocycles. The highest BCUT2D eigenvalue weighted by molar-refractivity contribution is 5.78. The third-order valence-corrected chi connectivity index (χ3v) is 9.42. The van der Waals surface area contributed by atoms with Crippen LogP contribution in [0.1, 0.15) is 49.4 Å². The van der Waals surface area contributed by atoms with Gasteiger partial charge in [0.2, 0.25) is 11.8 Å². The number of piperidine rings is 1. The summed E-state index contributed by atoms with van der Waals surface area (Å²) >= 11 is 0. The van der Waals surface area contributed by atoms with E-state index in [0.717, 1.165) is 30.6 Å². The Morgan fingerprint density at radius 3 is 2.78 bits per heavy atom. The summed E-state index contributed by atoms with van der Waals surface area (Å²) in [6.07, 6.45) is 3.39. The van der Waals surface area contributed by atoms with E-state index in [0.29, 0.717) is 42.8 Å². The molecule has 0 unspecified atom stereocenters. The summed E-state index contributed by atoms with van der Waals surface area (Å²) in [6, 6.07) is 8.90. The van der Waals surface area contributed by atoms with E-state index in [9.17, 15) is 15.0 Å². The van der Waals surface area contributed by atoms with Crippen LogP contribution in [0.2, 0.25) is 0 Å². The number of ether oxygens (including phenoxy) is 2. The SMILES string of the molecule is COc1cccc(CC(=O)N2CC[C@@]3(O)[C@@H](C)N(CC4CC4)CC[C@@]34c3c(C)ccc(O)c3O[C@H]4C2)n1. The minimum absolute atomic E-state index is 0.0545. The van der Waals surface area contributed by atoms with Crippen molar-refractivity contribution in [2.24, 2.45) is 5.92 Å². The number of phenols is 1. The maximum absolute atomic E-state index is 13.6. The number of carbonyl (C=O) groups excluding carboxylic acids is 1. The summed E-state index contributed by atoms with van der Waals surface area (Å²) in [7, 11) is 1.56. The highest BCUT2D eigenvalue weighted by Gasteiger charge is 2.68. The van der Waals surface area contributed by atoms with Crippen LogP contribution in [-0.2, 0) is 16.6 Å². The van der Waals surface area contributed by atoms with Crippen LogP contribution in [0.5, 0.6) is 17.4 Å². The van der Waals surface area contributed by atoms with Crippen molar-refractivity contribution in [1.82, 2.24) is 14.8 Å². The molecule has 2 saturated heterocycles. The maximum atomic E-state index is 13.6. The Kier molecular flexibility index (Phi) is 5.88. The quantitative estimate of drug-likeness (QED) is 0.643. The highest BCUT2D eigenvalue weighted by Crippen LogP contribution is 2.60. The standard InChI is InChI=1S/C29H37N3O5/c1-18-7-10-22(33)27-26(18)28-11-13-31(16-20-8-9-20)19(2)29(28,35)12-14-32(17-23(28)37-27)25(34)15-21-5-4-6-24(30-21)36-3/h4-7,10,19-20,23,33,35H,8-9,11-17H2,1-3H3/t19-,23+,28-,29-/m1/s1. The van der Waals surface area contributed by atoms with Gasteiger partial charge in [0.05, 0.1) is 36.8 Å². The molecule has 2 aromatic rings. The van der Waals surface area contributed by atoms with E-state index in [-0.39, 0.29) is 24.1 Å². The molecule has 1 aromatic heterocycles. The van der Waals surface area contributed by atoms with Crippen molar-refractivity contribution in [1.29, 1.82) is 0 Å². The molecule has 4 aliphatic rings. The first-order valence-corrected chi connectivity index (χ1v) is 13.5. The molecule has 198 valence electrons. The van der Waals surface area contributed by atoms with E-state index in [4.69, 9.17) is 9.47 Å². The molecule has 0 radical (unpaired) electrons. The van der Waals surface area contributed by atoms with Crippen LogP contribution in [0, 0.1) is 12.8 Å². The van der Waals surface area contributed by atoms with Gasteiger partial charge in [-0.3, -0.25) is 9.69 Å². The number of amides is 1. The van der Waals surface area contributed by atoms with Gasteiger partial charge in [-0.2, -0.15) is 0 Å². The number of carbonyl (C=O) groups is 1. The van der Waals surface area contributed by atoms with Gasteiger partial charge in [0.15, 0.2) is 11.5 Å². The number of methoxy groups -OCH3 is 1. The number of likely N-dealkylation sites (tertiary alicyclic amines) is 2. The first kappa shape index (κ1) is 24.5. The van der Waals surface area contributed by atoms with Gasteiger partial charge < -0.3 is 24.6 Å². The Hall–Kier alpha value is -2.84. The Morgan fingerprint density at radius 1 is 1.22 bits per heavy atom. The lowest BCUT2D eigenvalue weighted by Gasteiger charge is -2.57. The second kappa shape index (κ2) is 8.88. The molecule has 6 rings (SSSR count). The average molecular weight is 508 g/mol. The van der Waals surface area contributed by atoms with Crippen LogP contribution in [0.15, 0.2) is 30.3 Å². The molecule has 8 heteroatoms. The van der Waals surface area contributed by atoms with E-state index in [1.807, 2.05) is 30.0 Å². The molecular formula is C29H37N3O5. The van der Waals surface area contributed by atoms with Crippen molar-refractivity contribution < 1.29 is 24.5 Å². The average Bonchev–Trinajstić information content (AvgIpc) is 3.66. The number of nitrogens with zero attached hydrogens (tertiary/aromatic N) is 3. The number of pyridine rings is 1. The minimum Gasteiger partial charge on any atom is -0.504 e. The van der Waals surface area contributed by atoms with Crippen LogP contribution in [0.25, 0.3) is 0 Å². The lowest BCUT2D eigenvalue weighted by atomic mass is 9.56. The van der Waals surface area contributed by atoms with Gasteiger partial charge in [-0.25, -0.2) is 4.98 Å². The zero-order valence-corrected chi connectivity index (χ0v) is 21.9. The summed E-state index contributed by atoms with van der Waals surface area (Å²) in [4.78, 5) is 22.2. The third-order valence-electron chi connectivity index (χ3n) is 9.42. The van der Waals surface area contributed by atoms with E-state index in [1.165, 1.54) is 12.8 Å². The monoisotopic (exact) mass is 507 g/mol. The molecule has 4 atom stereocenters. The number of rotatable bonds is 5. The second-order valence-electron chi connectivity index (χ2n) is 11.4. The summed E-state index contributed by atoms with van der Waals surface area (Å²) in [6.45, 7) is 6.82. The number of aromatic nitrogens is 1. The third kappa shape index (κ3) is 3.79. The molecule has 0 bridgehead atoms. The number of aliphatic hydroxyl groups is 1. The number of fused-ring (bicyclic) bond motifs is 1. The number of aromatic hydroxyl groups is 1. The molecular weight excluding hydrogens is 470 g/mol. The Bertz CT molecular complexity index is 1220. The number of hydrogen-bond acceptors (Lipinski definition) is 7. The Balaban J connectivity index is 1.37. The summed E-state index contributed by atoms with van der Waals surface area (Å²) in [5, 5.41) is 23.5. The van der Waals surface area contributed by atoms with Crippen LogP contribution < -0.4 is 9.47 Å². The number of benzene rings is 1. The first-order chi connectivity index (χ1) is 17.8. The van der Waals surface area contributed by atoms with Crippen molar-refractivity contribution in [2.75, 3.05) is 33.3 Å². The molecule has 2 N–H and O–H groups in total. The lowest BCUT2D eigenvalue weighted by Crippen LogP contribution is -2.70. The lowest BCUT2D eigenvalue weighted by molar-refractivity contribution is -0.151. The van der Waals surface area contributed by atoms with E-state index < -0.39 is 17.1 Å². The summed E-state index contributed by atoms with van der Waals surface area (Å²) < 4.78 is 11.7. The van der Waals surface area contributed by atoms with Gasteiger partial charge in [0.1, 0.15) is 6.10 Å². The minimum atomic E-state index is -1.11. The normalized spacial score (nSPS) is 31.1. The Morgan fingerprint density at radius 2 is 2.03 bits per heavy atom. The summed E-state index contributed by atoms with van der Waals surface area (Å²) in [5.74, 6) is 1.70. The first-order valence-electron chi connectivity index (χ1n) is 13.5. The fourth-order valence-corrected chi connectivity index (χ4v) is 7.20. The van der Waals surface area contributed by atoms with Crippen molar-refractivity contribution in [2.45, 2.75) is 69.1 Å². The fourth-order valence-electron chi connectivity index (χ4n) is 7.20. The van der Waals surface area contributed by atoms with Gasteiger partial charge in [-0.15, -0.1) is 0 Å².